The van der Waals surface area contributed by atoms with Gasteiger partial charge >= 0.3 is 6.03 Å². The Kier molecular flexibility index (Phi) is 5.05. The molecule has 1 fully saturated rings. The third kappa shape index (κ3) is 4.33. The number of amides is 2. The van der Waals surface area contributed by atoms with Gasteiger partial charge in [0.25, 0.3) is 0 Å². The van der Waals surface area contributed by atoms with Gasteiger partial charge in [0.2, 0.25) is 0 Å². The molecular weight excluding hydrogens is 228 g/mol. The van der Waals surface area contributed by atoms with Crippen LogP contribution in [0.3, 0.4) is 0 Å². The first-order chi connectivity index (χ1) is 8.74. The average molecular weight is 252 g/mol. The molecule has 0 aromatic rings. The van der Waals surface area contributed by atoms with Crippen molar-refractivity contribution < 1.29 is 9.53 Å². The Morgan fingerprint density at radius 1 is 1.44 bits per heavy atom. The van der Waals surface area contributed by atoms with Crippen LogP contribution in [0.1, 0.15) is 45.4 Å². The van der Waals surface area contributed by atoms with Crippen molar-refractivity contribution in [2.75, 3.05) is 6.61 Å². The van der Waals surface area contributed by atoms with Crippen LogP contribution >= 0.6 is 0 Å². The van der Waals surface area contributed by atoms with E-state index in [0.29, 0.717) is 6.10 Å². The fourth-order valence-electron chi connectivity index (χ4n) is 2.57. The Bertz CT molecular complexity index is 290. The zero-order valence-electron chi connectivity index (χ0n) is 11.2. The predicted molar refractivity (Wildman–Crippen MR) is 71.5 cm³/mol. The van der Waals surface area contributed by atoms with Gasteiger partial charge in [0.1, 0.15) is 0 Å². The molecule has 2 N–H and O–H groups in total. The van der Waals surface area contributed by atoms with E-state index in [1.54, 1.807) is 0 Å². The molecule has 0 aromatic carbocycles. The van der Waals surface area contributed by atoms with E-state index in [2.05, 4.69) is 29.7 Å². The van der Waals surface area contributed by atoms with Crippen molar-refractivity contribution >= 4 is 6.03 Å². The highest BCUT2D eigenvalue weighted by molar-refractivity contribution is 5.74. The first-order valence-corrected chi connectivity index (χ1v) is 7.07. The second-order valence-electron chi connectivity index (χ2n) is 5.37. The molecule has 0 spiro atoms. The first-order valence-electron chi connectivity index (χ1n) is 7.07. The molecule has 1 aliphatic heterocycles. The van der Waals surface area contributed by atoms with E-state index < -0.39 is 0 Å². The summed E-state index contributed by atoms with van der Waals surface area (Å²) in [6.45, 7) is 2.96. The molecule has 2 amide bonds. The molecule has 1 saturated heterocycles. The van der Waals surface area contributed by atoms with Crippen LogP contribution in [-0.4, -0.2) is 30.8 Å². The summed E-state index contributed by atoms with van der Waals surface area (Å²) in [6.07, 6.45) is 10.9. The maximum Gasteiger partial charge on any atom is 0.315 e. The van der Waals surface area contributed by atoms with E-state index >= 15 is 0 Å². The van der Waals surface area contributed by atoms with E-state index in [0.717, 1.165) is 32.3 Å². The molecule has 1 aliphatic carbocycles. The summed E-state index contributed by atoms with van der Waals surface area (Å²) in [6, 6.07) is 0.461. The van der Waals surface area contributed by atoms with Crippen molar-refractivity contribution in [2.45, 2.75) is 63.6 Å². The Morgan fingerprint density at radius 2 is 2.22 bits per heavy atom. The monoisotopic (exact) mass is 252 g/mol. The summed E-state index contributed by atoms with van der Waals surface area (Å²) in [7, 11) is 0. The zero-order chi connectivity index (χ0) is 12.8. The van der Waals surface area contributed by atoms with Gasteiger partial charge in [-0.25, -0.2) is 4.79 Å². The maximum atomic E-state index is 11.7. The van der Waals surface area contributed by atoms with E-state index in [-0.39, 0.29) is 18.1 Å². The Morgan fingerprint density at radius 3 is 2.89 bits per heavy atom. The smallest absolute Gasteiger partial charge is 0.315 e. The summed E-state index contributed by atoms with van der Waals surface area (Å²) in [4.78, 5) is 11.7. The van der Waals surface area contributed by atoms with E-state index in [1.165, 1.54) is 12.8 Å². The van der Waals surface area contributed by atoms with Gasteiger partial charge in [0, 0.05) is 18.7 Å². The highest BCUT2D eigenvalue weighted by atomic mass is 16.5. The molecular formula is C14H24N2O2. The van der Waals surface area contributed by atoms with Crippen molar-refractivity contribution in [1.82, 2.24) is 10.6 Å². The minimum atomic E-state index is -0.0384. The van der Waals surface area contributed by atoms with Gasteiger partial charge in [-0.2, -0.15) is 0 Å². The highest BCUT2D eigenvalue weighted by Crippen LogP contribution is 2.17. The molecule has 1 heterocycles. The fourth-order valence-corrected chi connectivity index (χ4v) is 2.57. The highest BCUT2D eigenvalue weighted by Gasteiger charge is 2.18. The van der Waals surface area contributed by atoms with Gasteiger partial charge in [-0.3, -0.25) is 0 Å². The summed E-state index contributed by atoms with van der Waals surface area (Å²) in [5.41, 5.74) is 0. The summed E-state index contributed by atoms with van der Waals surface area (Å²) >= 11 is 0. The molecule has 0 radical (unpaired) electrons. The molecule has 4 nitrogen and oxygen atoms in total. The van der Waals surface area contributed by atoms with Gasteiger partial charge in [-0.05, 0) is 45.4 Å². The van der Waals surface area contributed by atoms with Crippen molar-refractivity contribution in [3.8, 4) is 0 Å². The average Bonchev–Trinajstić information content (AvgIpc) is 2.98. The van der Waals surface area contributed by atoms with Crippen LogP contribution in [0, 0.1) is 0 Å². The zero-order valence-corrected chi connectivity index (χ0v) is 11.2. The van der Waals surface area contributed by atoms with Crippen LogP contribution in [0.2, 0.25) is 0 Å². The normalized spacial score (nSPS) is 25.3. The number of hydrogen-bond acceptors (Lipinski definition) is 2. The number of nitrogens with one attached hydrogen (secondary N) is 2. The largest absolute Gasteiger partial charge is 0.378 e. The number of ether oxygens (including phenoxy) is 1. The molecule has 0 saturated carbocycles. The van der Waals surface area contributed by atoms with E-state index in [9.17, 15) is 4.79 Å². The Labute approximate surface area is 109 Å². The van der Waals surface area contributed by atoms with Gasteiger partial charge in [0.15, 0.2) is 0 Å². The maximum absolute atomic E-state index is 11.7. The molecule has 0 unspecified atom stereocenters. The van der Waals surface area contributed by atoms with Crippen molar-refractivity contribution in [3.63, 3.8) is 0 Å². The van der Waals surface area contributed by atoms with Crippen molar-refractivity contribution in [3.05, 3.63) is 12.2 Å². The molecule has 4 heteroatoms. The minimum absolute atomic E-state index is 0.0384. The summed E-state index contributed by atoms with van der Waals surface area (Å²) < 4.78 is 5.58. The summed E-state index contributed by atoms with van der Waals surface area (Å²) in [5.74, 6) is 0. The fraction of sp³-hybridized carbons (Fsp3) is 0.786. The third-order valence-corrected chi connectivity index (χ3v) is 3.67. The minimum Gasteiger partial charge on any atom is -0.378 e. The van der Waals surface area contributed by atoms with Crippen LogP contribution in [0.25, 0.3) is 0 Å². The second-order valence-corrected chi connectivity index (χ2v) is 5.37. The Balaban J connectivity index is 1.57. The standard InChI is InChI=1S/C14H24N2O2/c1-11(8-9-13-7-4-10-18-13)15-14(17)16-12-5-2-3-6-12/h2-3,11-13H,4-10H2,1H3,(H2,15,16,17)/t11-,13+/m0/s1. The van der Waals surface area contributed by atoms with Crippen molar-refractivity contribution in [1.29, 1.82) is 0 Å². The van der Waals surface area contributed by atoms with Gasteiger partial charge < -0.3 is 15.4 Å². The molecule has 2 atom stereocenters. The van der Waals surface area contributed by atoms with Crippen LogP contribution in [0.4, 0.5) is 4.79 Å². The Hall–Kier alpha value is -1.03. The number of urea groups is 1. The first kappa shape index (κ1) is 13.4. The number of carbonyl (C=O) groups is 1. The summed E-state index contributed by atoms with van der Waals surface area (Å²) in [5, 5.41) is 5.99. The van der Waals surface area contributed by atoms with Gasteiger partial charge in [0.05, 0.1) is 6.10 Å². The van der Waals surface area contributed by atoms with E-state index in [4.69, 9.17) is 4.74 Å². The number of carbonyl (C=O) groups excluding carboxylic acids is 1. The number of hydrogen-bond donors (Lipinski definition) is 2. The molecule has 18 heavy (non-hydrogen) atoms. The van der Waals surface area contributed by atoms with Crippen molar-refractivity contribution in [2.24, 2.45) is 0 Å². The third-order valence-electron chi connectivity index (χ3n) is 3.67. The lowest BCUT2D eigenvalue weighted by Gasteiger charge is -2.18. The quantitative estimate of drug-likeness (QED) is 0.738. The molecule has 2 aliphatic rings. The molecule has 0 aromatic heterocycles. The lowest BCUT2D eigenvalue weighted by Crippen LogP contribution is -2.44. The van der Waals surface area contributed by atoms with Gasteiger partial charge in [-0.1, -0.05) is 12.2 Å². The SMILES string of the molecule is C[C@@H](CC[C@H]1CCCO1)NC(=O)NC1CC=CC1. The molecule has 102 valence electrons. The lowest BCUT2D eigenvalue weighted by atomic mass is 10.1. The van der Waals surface area contributed by atoms with Crippen LogP contribution in [0.5, 0.6) is 0 Å². The van der Waals surface area contributed by atoms with Gasteiger partial charge in [-0.15, -0.1) is 0 Å². The van der Waals surface area contributed by atoms with Crippen LogP contribution < -0.4 is 10.6 Å². The van der Waals surface area contributed by atoms with E-state index in [1.807, 2.05) is 0 Å². The molecule has 0 bridgehead atoms. The molecule has 2 rings (SSSR count). The predicted octanol–water partition coefficient (Wildman–Crippen LogP) is 2.35. The topological polar surface area (TPSA) is 50.4 Å². The number of rotatable bonds is 5. The lowest BCUT2D eigenvalue weighted by molar-refractivity contribution is 0.100. The second kappa shape index (κ2) is 6.78. The van der Waals surface area contributed by atoms with Crippen LogP contribution in [-0.2, 0) is 4.74 Å². The van der Waals surface area contributed by atoms with Crippen LogP contribution in [0.15, 0.2) is 12.2 Å².